The van der Waals surface area contributed by atoms with Crippen molar-refractivity contribution in [1.82, 2.24) is 0 Å². The predicted octanol–water partition coefficient (Wildman–Crippen LogP) is 3.88. The Kier molecular flexibility index (Phi) is 8.00. The fourth-order valence-corrected chi connectivity index (χ4v) is 4.53. The maximum absolute atomic E-state index is 12.2. The standard InChI is InChI=1S/C22H32O6S/c1-16(2)21(24)18-5-7-19(8-6-18)22(13-14-28-29(4,25)26)11-9-17(10-12-22)15-20(23)27-3/h5-8,16-17H,9-15H2,1-4H3. The van der Waals surface area contributed by atoms with E-state index < -0.39 is 10.1 Å². The Balaban J connectivity index is 2.19. The molecule has 0 spiro atoms. The normalized spacial score (nSPS) is 22.4. The maximum Gasteiger partial charge on any atom is 0.305 e. The minimum absolute atomic E-state index is 0.0632. The molecule has 0 amide bonds. The number of carbonyl (C=O) groups is 2. The Labute approximate surface area is 174 Å². The van der Waals surface area contributed by atoms with Gasteiger partial charge in [-0.15, -0.1) is 0 Å². The van der Waals surface area contributed by atoms with Gasteiger partial charge in [0.15, 0.2) is 5.78 Å². The van der Waals surface area contributed by atoms with Crippen molar-refractivity contribution in [2.45, 2.75) is 57.8 Å². The lowest BCUT2D eigenvalue weighted by atomic mass is 9.64. The Morgan fingerprint density at radius 1 is 1.14 bits per heavy atom. The third-order valence-corrected chi connectivity index (χ3v) is 6.52. The van der Waals surface area contributed by atoms with E-state index in [0.29, 0.717) is 18.4 Å². The monoisotopic (exact) mass is 424 g/mol. The Hall–Kier alpha value is -1.73. The summed E-state index contributed by atoms with van der Waals surface area (Å²) in [7, 11) is -2.10. The summed E-state index contributed by atoms with van der Waals surface area (Å²) in [6.45, 7) is 3.87. The number of ether oxygens (including phenoxy) is 1. The van der Waals surface area contributed by atoms with Crippen LogP contribution in [0.2, 0.25) is 0 Å². The molecule has 0 saturated heterocycles. The van der Waals surface area contributed by atoms with Crippen LogP contribution in [0.3, 0.4) is 0 Å². The molecule has 162 valence electrons. The predicted molar refractivity (Wildman–Crippen MR) is 111 cm³/mol. The zero-order valence-electron chi connectivity index (χ0n) is 17.8. The van der Waals surface area contributed by atoms with Gasteiger partial charge in [-0.05, 0) is 49.0 Å². The van der Waals surface area contributed by atoms with Crippen LogP contribution >= 0.6 is 0 Å². The average Bonchev–Trinajstić information content (AvgIpc) is 2.68. The second kappa shape index (κ2) is 9.85. The van der Waals surface area contributed by atoms with Crippen LogP contribution in [0.25, 0.3) is 0 Å². The molecule has 7 heteroatoms. The summed E-state index contributed by atoms with van der Waals surface area (Å²) in [5.74, 6) is 0.118. The number of hydrogen-bond acceptors (Lipinski definition) is 6. The zero-order chi connectivity index (χ0) is 21.7. The molecule has 0 atom stereocenters. The van der Waals surface area contributed by atoms with Crippen LogP contribution in [0.15, 0.2) is 24.3 Å². The van der Waals surface area contributed by atoms with Crippen molar-refractivity contribution in [2.75, 3.05) is 20.0 Å². The van der Waals surface area contributed by atoms with Gasteiger partial charge < -0.3 is 4.74 Å². The van der Waals surface area contributed by atoms with Crippen molar-refractivity contribution in [1.29, 1.82) is 0 Å². The molecule has 0 aliphatic heterocycles. The number of benzene rings is 1. The highest BCUT2D eigenvalue weighted by Gasteiger charge is 2.37. The van der Waals surface area contributed by atoms with Crippen LogP contribution in [-0.2, 0) is 29.2 Å². The third-order valence-electron chi connectivity index (χ3n) is 5.93. The fraction of sp³-hybridized carbons (Fsp3) is 0.636. The van der Waals surface area contributed by atoms with Gasteiger partial charge in [0.1, 0.15) is 0 Å². The smallest absolute Gasteiger partial charge is 0.305 e. The Bertz CT molecular complexity index is 802. The molecule has 29 heavy (non-hydrogen) atoms. The van der Waals surface area contributed by atoms with E-state index in [-0.39, 0.29) is 35.6 Å². The topological polar surface area (TPSA) is 86.7 Å². The van der Waals surface area contributed by atoms with Gasteiger partial charge in [-0.1, -0.05) is 38.1 Å². The van der Waals surface area contributed by atoms with Gasteiger partial charge in [0.05, 0.1) is 20.0 Å². The summed E-state index contributed by atoms with van der Waals surface area (Å²) in [4.78, 5) is 23.8. The molecule has 1 aromatic rings. The molecule has 0 unspecified atom stereocenters. The molecular formula is C22H32O6S. The lowest BCUT2D eigenvalue weighted by Gasteiger charge is -2.40. The van der Waals surface area contributed by atoms with E-state index in [4.69, 9.17) is 8.92 Å². The van der Waals surface area contributed by atoms with Crippen LogP contribution < -0.4 is 0 Å². The SMILES string of the molecule is COC(=O)CC1CCC(CCOS(C)(=O)=O)(c2ccc(C(=O)C(C)C)cc2)CC1. The molecule has 2 rings (SSSR count). The van der Waals surface area contributed by atoms with E-state index in [2.05, 4.69) is 0 Å². The molecule has 6 nitrogen and oxygen atoms in total. The molecule has 1 aromatic carbocycles. The first-order chi connectivity index (χ1) is 13.6. The van der Waals surface area contributed by atoms with Crippen molar-refractivity contribution >= 4 is 21.9 Å². The zero-order valence-corrected chi connectivity index (χ0v) is 18.6. The lowest BCUT2D eigenvalue weighted by molar-refractivity contribution is -0.142. The van der Waals surface area contributed by atoms with Crippen LogP contribution in [0.4, 0.5) is 0 Å². The van der Waals surface area contributed by atoms with E-state index in [0.717, 1.165) is 37.5 Å². The fourth-order valence-electron chi connectivity index (χ4n) is 4.15. The number of hydrogen-bond donors (Lipinski definition) is 0. The van der Waals surface area contributed by atoms with Gasteiger partial charge in [0.25, 0.3) is 10.1 Å². The largest absolute Gasteiger partial charge is 0.469 e. The van der Waals surface area contributed by atoms with Crippen LogP contribution in [0, 0.1) is 11.8 Å². The third kappa shape index (κ3) is 6.64. The van der Waals surface area contributed by atoms with E-state index in [1.807, 2.05) is 38.1 Å². The molecule has 0 bridgehead atoms. The minimum Gasteiger partial charge on any atom is -0.469 e. The summed E-state index contributed by atoms with van der Waals surface area (Å²) in [5.41, 5.74) is 1.55. The number of ketones is 1. The summed E-state index contributed by atoms with van der Waals surface area (Å²) in [6.07, 6.45) is 5.43. The van der Waals surface area contributed by atoms with Gasteiger partial charge in [0, 0.05) is 17.9 Å². The molecule has 1 aliphatic rings. The van der Waals surface area contributed by atoms with Gasteiger partial charge in [-0.3, -0.25) is 13.8 Å². The molecule has 0 N–H and O–H groups in total. The average molecular weight is 425 g/mol. The van der Waals surface area contributed by atoms with Gasteiger partial charge in [-0.2, -0.15) is 8.42 Å². The van der Waals surface area contributed by atoms with E-state index in [9.17, 15) is 18.0 Å². The first-order valence-electron chi connectivity index (χ1n) is 10.1. The second-order valence-corrected chi connectivity index (χ2v) is 10.0. The van der Waals surface area contributed by atoms with E-state index in [1.165, 1.54) is 7.11 Å². The first-order valence-corrected chi connectivity index (χ1v) is 11.9. The van der Waals surface area contributed by atoms with Crippen molar-refractivity contribution in [3.63, 3.8) is 0 Å². The molecular weight excluding hydrogens is 392 g/mol. The highest BCUT2D eigenvalue weighted by Crippen LogP contribution is 2.45. The van der Waals surface area contributed by atoms with E-state index >= 15 is 0 Å². The summed E-state index contributed by atoms with van der Waals surface area (Å²) < 4.78 is 32.6. The molecule has 0 aromatic heterocycles. The number of methoxy groups -OCH3 is 1. The highest BCUT2D eigenvalue weighted by molar-refractivity contribution is 7.85. The van der Waals surface area contributed by atoms with Gasteiger partial charge in [-0.25, -0.2) is 0 Å². The highest BCUT2D eigenvalue weighted by atomic mass is 32.2. The van der Waals surface area contributed by atoms with Gasteiger partial charge in [0.2, 0.25) is 0 Å². The van der Waals surface area contributed by atoms with Crippen molar-refractivity contribution in [2.24, 2.45) is 11.8 Å². The number of rotatable bonds is 9. The second-order valence-electron chi connectivity index (χ2n) is 8.38. The maximum atomic E-state index is 12.2. The Morgan fingerprint density at radius 2 is 1.72 bits per heavy atom. The van der Waals surface area contributed by atoms with Gasteiger partial charge >= 0.3 is 5.97 Å². The quantitative estimate of drug-likeness (QED) is 0.340. The van der Waals surface area contributed by atoms with Crippen molar-refractivity contribution in [3.8, 4) is 0 Å². The van der Waals surface area contributed by atoms with E-state index in [1.54, 1.807) is 0 Å². The molecule has 0 radical (unpaired) electrons. The minimum atomic E-state index is -3.50. The van der Waals surface area contributed by atoms with Crippen molar-refractivity contribution in [3.05, 3.63) is 35.4 Å². The molecule has 0 heterocycles. The van der Waals surface area contributed by atoms with Crippen molar-refractivity contribution < 1.29 is 26.9 Å². The first kappa shape index (κ1) is 23.5. The Morgan fingerprint density at radius 3 is 2.21 bits per heavy atom. The number of carbonyl (C=O) groups excluding carboxylic acids is 2. The number of esters is 1. The molecule has 1 fully saturated rings. The summed E-state index contributed by atoms with van der Waals surface area (Å²) in [6, 6.07) is 7.68. The van der Waals surface area contributed by atoms with Crippen LogP contribution in [0.5, 0.6) is 0 Å². The lowest BCUT2D eigenvalue weighted by Crippen LogP contribution is -2.34. The van der Waals surface area contributed by atoms with Crippen LogP contribution in [-0.4, -0.2) is 40.1 Å². The van der Waals surface area contributed by atoms with Crippen LogP contribution in [0.1, 0.15) is 68.3 Å². The number of Topliss-reactive ketones (excluding diaryl/α,β-unsaturated/α-hetero) is 1. The summed E-state index contributed by atoms with van der Waals surface area (Å²) >= 11 is 0. The summed E-state index contributed by atoms with van der Waals surface area (Å²) in [5, 5.41) is 0. The molecule has 1 saturated carbocycles. The molecule has 1 aliphatic carbocycles.